The number of hydrogen-bond acceptors (Lipinski definition) is 3. The Kier molecular flexibility index (Phi) is 3.80. The molecule has 3 heterocycles. The number of aromatic hydroxyl groups is 1. The summed E-state index contributed by atoms with van der Waals surface area (Å²) < 4.78 is 0. The van der Waals surface area contributed by atoms with Crippen LogP contribution in [0.5, 0.6) is 5.75 Å². The van der Waals surface area contributed by atoms with E-state index in [0.29, 0.717) is 5.75 Å². The van der Waals surface area contributed by atoms with E-state index in [1.165, 1.54) is 27.7 Å². The minimum Gasteiger partial charge on any atom is -0.508 e. The molecule has 0 bridgehead atoms. The van der Waals surface area contributed by atoms with Crippen molar-refractivity contribution in [3.05, 3.63) is 87.7 Å². The number of H-pyrrole nitrogens is 1. The molecule has 2 aromatic heterocycles. The van der Waals surface area contributed by atoms with E-state index in [0.717, 1.165) is 25.1 Å². The largest absolute Gasteiger partial charge is 0.508 e. The number of nitrogens with one attached hydrogen (secondary N) is 1. The highest BCUT2D eigenvalue weighted by Gasteiger charge is 2.31. The normalized spacial score (nSPS) is 17.5. The molecule has 0 amide bonds. The highest BCUT2D eigenvalue weighted by Crippen LogP contribution is 2.39. The van der Waals surface area contributed by atoms with Crippen LogP contribution in [0.1, 0.15) is 28.4 Å². The fraction of sp³-hybridized carbons (Fsp3) is 0.182. The molecule has 0 saturated carbocycles. The Hall–Kier alpha value is -2.56. The Morgan fingerprint density at radius 1 is 1.12 bits per heavy atom. The van der Waals surface area contributed by atoms with Gasteiger partial charge in [-0.1, -0.05) is 30.3 Å². The molecule has 2 aromatic carbocycles. The van der Waals surface area contributed by atoms with E-state index in [9.17, 15) is 5.11 Å². The summed E-state index contributed by atoms with van der Waals surface area (Å²) in [4.78, 5) is 6.18. The average molecular weight is 360 g/mol. The molecule has 26 heavy (non-hydrogen) atoms. The van der Waals surface area contributed by atoms with Crippen molar-refractivity contribution in [1.82, 2.24) is 9.88 Å². The van der Waals surface area contributed by atoms with Crippen LogP contribution in [0.3, 0.4) is 0 Å². The number of rotatable bonds is 3. The lowest BCUT2D eigenvalue weighted by Crippen LogP contribution is -2.35. The number of fused-ring (bicyclic) bond motifs is 3. The molecule has 0 aliphatic carbocycles. The monoisotopic (exact) mass is 360 g/mol. The summed E-state index contributed by atoms with van der Waals surface area (Å²) in [7, 11) is 0. The van der Waals surface area contributed by atoms with Crippen LogP contribution in [0.15, 0.2) is 65.4 Å². The molecule has 0 fully saturated rings. The summed E-state index contributed by atoms with van der Waals surface area (Å²) in [5.41, 5.74) is 6.35. The first-order valence-corrected chi connectivity index (χ1v) is 9.87. The zero-order valence-corrected chi connectivity index (χ0v) is 15.2. The van der Waals surface area contributed by atoms with Crippen molar-refractivity contribution in [2.75, 3.05) is 6.54 Å². The molecule has 1 aliphatic rings. The van der Waals surface area contributed by atoms with Crippen LogP contribution in [0.2, 0.25) is 0 Å². The summed E-state index contributed by atoms with van der Waals surface area (Å²) >= 11 is 1.74. The maximum Gasteiger partial charge on any atom is 0.115 e. The molecule has 2 N–H and O–H groups in total. The van der Waals surface area contributed by atoms with E-state index in [4.69, 9.17) is 0 Å². The van der Waals surface area contributed by atoms with Crippen molar-refractivity contribution in [2.45, 2.75) is 19.0 Å². The third-order valence-corrected chi connectivity index (χ3v) is 6.02. The second kappa shape index (κ2) is 6.31. The van der Waals surface area contributed by atoms with Gasteiger partial charge in [-0.25, -0.2) is 0 Å². The highest BCUT2D eigenvalue weighted by molar-refractivity contribution is 7.07. The van der Waals surface area contributed by atoms with E-state index < -0.39 is 0 Å². The summed E-state index contributed by atoms with van der Waals surface area (Å²) in [5, 5.41) is 15.7. The first-order valence-electron chi connectivity index (χ1n) is 8.93. The average Bonchev–Trinajstić information content (AvgIpc) is 3.28. The molecule has 4 aromatic rings. The maximum atomic E-state index is 10.0. The molecule has 130 valence electrons. The predicted octanol–water partition coefficient (Wildman–Crippen LogP) is 5.08. The lowest BCUT2D eigenvalue weighted by atomic mass is 9.92. The van der Waals surface area contributed by atoms with Gasteiger partial charge in [-0.3, -0.25) is 4.90 Å². The third kappa shape index (κ3) is 2.62. The van der Waals surface area contributed by atoms with Gasteiger partial charge in [0.2, 0.25) is 0 Å². The van der Waals surface area contributed by atoms with Crippen LogP contribution in [0.4, 0.5) is 0 Å². The Balaban J connectivity index is 1.65. The van der Waals surface area contributed by atoms with Crippen molar-refractivity contribution in [3.63, 3.8) is 0 Å². The number of aromatic nitrogens is 1. The van der Waals surface area contributed by atoms with E-state index in [-0.39, 0.29) is 6.04 Å². The molecule has 1 atom stereocenters. The van der Waals surface area contributed by atoms with Gasteiger partial charge in [0.15, 0.2) is 0 Å². The lowest BCUT2D eigenvalue weighted by molar-refractivity contribution is 0.202. The minimum atomic E-state index is 0.123. The van der Waals surface area contributed by atoms with E-state index in [1.54, 1.807) is 17.4 Å². The second-order valence-electron chi connectivity index (χ2n) is 6.91. The van der Waals surface area contributed by atoms with Crippen LogP contribution < -0.4 is 0 Å². The van der Waals surface area contributed by atoms with Crippen molar-refractivity contribution in [2.24, 2.45) is 0 Å². The van der Waals surface area contributed by atoms with Gasteiger partial charge in [0.05, 0.1) is 6.04 Å². The Morgan fingerprint density at radius 2 is 2.04 bits per heavy atom. The van der Waals surface area contributed by atoms with Crippen molar-refractivity contribution >= 4 is 22.2 Å². The van der Waals surface area contributed by atoms with Gasteiger partial charge in [-0.2, -0.15) is 11.3 Å². The van der Waals surface area contributed by atoms with Gasteiger partial charge < -0.3 is 10.1 Å². The summed E-state index contributed by atoms with van der Waals surface area (Å²) in [6.07, 6.45) is 1.04. The molecular formula is C22H20N2OS. The van der Waals surface area contributed by atoms with Gasteiger partial charge >= 0.3 is 0 Å². The highest BCUT2D eigenvalue weighted by atomic mass is 32.1. The van der Waals surface area contributed by atoms with E-state index in [1.807, 2.05) is 12.1 Å². The number of phenols is 1. The van der Waals surface area contributed by atoms with Gasteiger partial charge in [-0.05, 0) is 58.1 Å². The first kappa shape index (κ1) is 15.7. The van der Waals surface area contributed by atoms with Crippen LogP contribution in [-0.4, -0.2) is 21.5 Å². The topological polar surface area (TPSA) is 39.3 Å². The Morgan fingerprint density at radius 3 is 2.88 bits per heavy atom. The van der Waals surface area contributed by atoms with Crippen molar-refractivity contribution in [1.29, 1.82) is 0 Å². The Bertz CT molecular complexity index is 1050. The van der Waals surface area contributed by atoms with E-state index >= 15 is 0 Å². The maximum absolute atomic E-state index is 10.0. The summed E-state index contributed by atoms with van der Waals surface area (Å²) in [5.74, 6) is 0.321. The standard InChI is InChI=1S/C22H20N2OS/c25-17-5-3-4-16(12-17)22-21-19(18-6-1-2-7-20(18)23-21)8-10-24(22)13-15-9-11-26-14-15/h1-7,9,11-12,14,22-23,25H,8,10,13H2/t22-/m0/s1. The molecule has 0 spiro atoms. The molecule has 4 heteroatoms. The summed E-state index contributed by atoms with van der Waals surface area (Å²) in [6.45, 7) is 1.92. The molecule has 3 nitrogen and oxygen atoms in total. The SMILES string of the molecule is Oc1cccc([C@H]2c3[nH]c4ccccc4c3CCN2Cc2ccsc2)c1. The summed E-state index contributed by atoms with van der Waals surface area (Å²) in [6, 6.07) is 18.6. The molecule has 0 radical (unpaired) electrons. The number of aromatic amines is 1. The molecule has 5 rings (SSSR count). The quantitative estimate of drug-likeness (QED) is 0.535. The molecule has 0 unspecified atom stereocenters. The smallest absolute Gasteiger partial charge is 0.115 e. The third-order valence-electron chi connectivity index (χ3n) is 5.29. The van der Waals surface area contributed by atoms with Gasteiger partial charge in [0.1, 0.15) is 5.75 Å². The first-order chi connectivity index (χ1) is 12.8. The van der Waals surface area contributed by atoms with Gasteiger partial charge in [0.25, 0.3) is 0 Å². The molecular weight excluding hydrogens is 340 g/mol. The lowest BCUT2D eigenvalue weighted by Gasteiger charge is -2.36. The zero-order chi connectivity index (χ0) is 17.5. The number of nitrogens with zero attached hydrogens (tertiary/aromatic N) is 1. The fourth-order valence-electron chi connectivity index (χ4n) is 4.15. The second-order valence-corrected chi connectivity index (χ2v) is 7.69. The van der Waals surface area contributed by atoms with Crippen LogP contribution in [0, 0.1) is 0 Å². The van der Waals surface area contributed by atoms with Crippen molar-refractivity contribution in [3.8, 4) is 5.75 Å². The number of hydrogen-bond donors (Lipinski definition) is 2. The van der Waals surface area contributed by atoms with Crippen LogP contribution in [-0.2, 0) is 13.0 Å². The Labute approximate surface area is 156 Å². The number of thiophene rings is 1. The molecule has 1 aliphatic heterocycles. The van der Waals surface area contributed by atoms with E-state index in [2.05, 4.69) is 57.0 Å². The fourth-order valence-corrected chi connectivity index (χ4v) is 4.81. The van der Waals surface area contributed by atoms with Crippen LogP contribution in [0.25, 0.3) is 10.9 Å². The zero-order valence-electron chi connectivity index (χ0n) is 14.4. The van der Waals surface area contributed by atoms with Crippen molar-refractivity contribution < 1.29 is 5.11 Å². The minimum absolute atomic E-state index is 0.123. The number of para-hydroxylation sites is 1. The predicted molar refractivity (Wildman–Crippen MR) is 107 cm³/mol. The van der Waals surface area contributed by atoms with Gasteiger partial charge in [-0.15, -0.1) is 0 Å². The number of phenolic OH excluding ortho intramolecular Hbond substituents is 1. The van der Waals surface area contributed by atoms with Crippen LogP contribution >= 0.6 is 11.3 Å². The number of benzene rings is 2. The van der Waals surface area contributed by atoms with Gasteiger partial charge in [0, 0.05) is 29.7 Å². The molecule has 0 saturated heterocycles.